The van der Waals surface area contributed by atoms with Crippen molar-refractivity contribution in [1.82, 2.24) is 25.0 Å². The maximum Gasteiger partial charge on any atom is 0.490 e. The number of halogens is 6. The first kappa shape index (κ1) is 36.4. The van der Waals surface area contributed by atoms with Gasteiger partial charge in [0.2, 0.25) is 0 Å². The number of carboxylic acids is 2. The molecule has 0 aliphatic carbocycles. The van der Waals surface area contributed by atoms with Crippen LogP contribution in [0.2, 0.25) is 0 Å². The molecule has 0 radical (unpaired) electrons. The highest BCUT2D eigenvalue weighted by atomic mass is 19.4. The Morgan fingerprint density at radius 3 is 2.13 bits per heavy atom. The third-order valence-electron chi connectivity index (χ3n) is 6.85. The Hall–Kier alpha value is -5.06. The quantitative estimate of drug-likeness (QED) is 0.178. The molecule has 1 fully saturated rings. The molecule has 17 heteroatoms. The molecule has 5 rings (SSSR count). The van der Waals surface area contributed by atoms with Gasteiger partial charge in [0.1, 0.15) is 11.4 Å². The van der Waals surface area contributed by atoms with Gasteiger partial charge in [-0.1, -0.05) is 24.3 Å². The van der Waals surface area contributed by atoms with Gasteiger partial charge in [0, 0.05) is 42.3 Å². The topological polar surface area (TPSA) is 152 Å². The molecule has 2 aromatic carbocycles. The molecule has 1 aliphatic heterocycles. The standard InChI is InChI=1S/C26H29N5O2.2C2HF3O2/c1-33-23-6-4-5-19(13-23)18-31(12-11-30-9-2-3-10-30)26(32)25-15-21-8-7-20(14-24(21)29-25)22-16-27-28-17-22;2*3-2(4,5)1(6)7/h4-8,13-17,29H,2-3,9-12,18H2,1H3,(H,27,28);2*(H,6,7). The van der Waals surface area contributed by atoms with Crippen LogP contribution in [0, 0.1) is 0 Å². The number of carbonyl (C=O) groups is 3. The fourth-order valence-electron chi connectivity index (χ4n) is 4.51. The Bertz CT molecular complexity index is 1610. The number of amides is 1. The molecule has 254 valence electrons. The van der Waals surface area contributed by atoms with Crippen LogP contribution in [0.1, 0.15) is 28.9 Å². The second-order valence-electron chi connectivity index (χ2n) is 10.2. The summed E-state index contributed by atoms with van der Waals surface area (Å²) in [6.45, 7) is 4.35. The van der Waals surface area contributed by atoms with Crippen LogP contribution in [-0.2, 0) is 16.1 Å². The summed E-state index contributed by atoms with van der Waals surface area (Å²) in [6.07, 6.45) is -4.02. The number of nitrogens with zero attached hydrogens (tertiary/aromatic N) is 3. The molecule has 1 amide bonds. The predicted octanol–water partition coefficient (Wildman–Crippen LogP) is 5.57. The van der Waals surface area contributed by atoms with E-state index in [0.29, 0.717) is 18.8 Å². The van der Waals surface area contributed by atoms with Gasteiger partial charge in [0.15, 0.2) is 0 Å². The Labute approximate surface area is 263 Å². The first-order valence-electron chi connectivity index (χ1n) is 13.9. The number of benzene rings is 2. The number of H-pyrrole nitrogens is 2. The van der Waals surface area contributed by atoms with E-state index in [2.05, 4.69) is 32.2 Å². The number of hydrogen-bond donors (Lipinski definition) is 4. The van der Waals surface area contributed by atoms with Gasteiger partial charge >= 0.3 is 24.3 Å². The van der Waals surface area contributed by atoms with Crippen molar-refractivity contribution in [1.29, 1.82) is 0 Å². The predicted molar refractivity (Wildman–Crippen MR) is 157 cm³/mol. The number of aromatic nitrogens is 3. The lowest BCUT2D eigenvalue weighted by Crippen LogP contribution is -2.37. The minimum Gasteiger partial charge on any atom is -0.497 e. The molecule has 11 nitrogen and oxygen atoms in total. The SMILES string of the molecule is COc1cccc(CN(CCN2CCCC2)C(=O)c2cc3ccc(-c4cn[nH]c4)cc3[nH]2)c1.O=C(O)C(F)(F)F.O=C(O)C(F)(F)F. The summed E-state index contributed by atoms with van der Waals surface area (Å²) >= 11 is 0. The lowest BCUT2D eigenvalue weighted by atomic mass is 10.1. The Kier molecular flexibility index (Phi) is 12.4. The third-order valence-corrected chi connectivity index (χ3v) is 6.85. The minimum absolute atomic E-state index is 0.0121. The number of alkyl halides is 6. The van der Waals surface area contributed by atoms with Crippen LogP contribution in [-0.4, -0.2) is 98.7 Å². The zero-order valence-corrected chi connectivity index (χ0v) is 24.9. The largest absolute Gasteiger partial charge is 0.497 e. The summed E-state index contributed by atoms with van der Waals surface area (Å²) in [7, 11) is 1.66. The van der Waals surface area contributed by atoms with Gasteiger partial charge in [0.05, 0.1) is 13.3 Å². The molecule has 1 saturated heterocycles. The van der Waals surface area contributed by atoms with E-state index in [1.165, 1.54) is 12.8 Å². The van der Waals surface area contributed by atoms with E-state index in [4.69, 9.17) is 24.5 Å². The van der Waals surface area contributed by atoms with Gasteiger partial charge in [-0.2, -0.15) is 31.4 Å². The van der Waals surface area contributed by atoms with Gasteiger partial charge < -0.3 is 29.7 Å². The Morgan fingerprint density at radius 1 is 0.936 bits per heavy atom. The highest BCUT2D eigenvalue weighted by molar-refractivity contribution is 5.98. The summed E-state index contributed by atoms with van der Waals surface area (Å²) in [5.41, 5.74) is 4.68. The van der Waals surface area contributed by atoms with Gasteiger partial charge in [-0.15, -0.1) is 0 Å². The van der Waals surface area contributed by atoms with Crippen molar-refractivity contribution in [3.63, 3.8) is 0 Å². The summed E-state index contributed by atoms with van der Waals surface area (Å²) in [5.74, 6) is -4.70. The monoisotopic (exact) mass is 671 g/mol. The zero-order valence-electron chi connectivity index (χ0n) is 24.9. The molecule has 0 spiro atoms. The second-order valence-corrected chi connectivity index (χ2v) is 10.2. The van der Waals surface area contributed by atoms with E-state index in [9.17, 15) is 31.1 Å². The smallest absolute Gasteiger partial charge is 0.490 e. The number of ether oxygens (including phenoxy) is 1. The van der Waals surface area contributed by atoms with Crippen molar-refractivity contribution in [2.75, 3.05) is 33.3 Å². The summed E-state index contributed by atoms with van der Waals surface area (Å²) in [4.78, 5) is 39.1. The van der Waals surface area contributed by atoms with Crippen molar-refractivity contribution < 1.29 is 55.7 Å². The van der Waals surface area contributed by atoms with E-state index in [-0.39, 0.29) is 5.91 Å². The van der Waals surface area contributed by atoms with Crippen LogP contribution in [0.25, 0.3) is 22.0 Å². The molecule has 4 N–H and O–H groups in total. The van der Waals surface area contributed by atoms with E-state index in [0.717, 1.165) is 53.0 Å². The first-order valence-corrected chi connectivity index (χ1v) is 13.9. The van der Waals surface area contributed by atoms with Crippen LogP contribution in [0.15, 0.2) is 60.9 Å². The number of carboxylic acid groups (broad SMARTS) is 2. The highest BCUT2D eigenvalue weighted by Crippen LogP contribution is 2.25. The average molecular weight is 672 g/mol. The lowest BCUT2D eigenvalue weighted by molar-refractivity contribution is -0.193. The van der Waals surface area contributed by atoms with Crippen molar-refractivity contribution in [2.24, 2.45) is 0 Å². The summed E-state index contributed by atoms with van der Waals surface area (Å²) in [5, 5.41) is 22.2. The number of aromatic amines is 2. The number of fused-ring (bicyclic) bond motifs is 1. The molecule has 2 aromatic heterocycles. The second kappa shape index (κ2) is 16.0. The molecule has 0 unspecified atom stereocenters. The van der Waals surface area contributed by atoms with Crippen molar-refractivity contribution >= 4 is 28.7 Å². The maximum absolute atomic E-state index is 13.6. The normalized spacial score (nSPS) is 13.3. The van der Waals surface area contributed by atoms with Gasteiger partial charge in [-0.3, -0.25) is 9.89 Å². The molecule has 47 heavy (non-hydrogen) atoms. The molecular formula is C30H31F6N5O6. The maximum atomic E-state index is 13.6. The molecule has 3 heterocycles. The lowest BCUT2D eigenvalue weighted by Gasteiger charge is -2.25. The van der Waals surface area contributed by atoms with Crippen molar-refractivity contribution in [2.45, 2.75) is 31.7 Å². The molecular weight excluding hydrogens is 640 g/mol. The van der Waals surface area contributed by atoms with Gasteiger partial charge in [-0.25, -0.2) is 9.59 Å². The molecule has 0 saturated carbocycles. The fraction of sp³-hybridized carbons (Fsp3) is 0.333. The van der Waals surface area contributed by atoms with Crippen LogP contribution in [0.4, 0.5) is 26.3 Å². The van der Waals surface area contributed by atoms with Crippen LogP contribution < -0.4 is 4.74 Å². The third kappa shape index (κ3) is 11.1. The first-order chi connectivity index (χ1) is 22.1. The number of methoxy groups -OCH3 is 1. The van der Waals surface area contributed by atoms with E-state index >= 15 is 0 Å². The number of nitrogens with one attached hydrogen (secondary N) is 2. The fourth-order valence-corrected chi connectivity index (χ4v) is 4.51. The van der Waals surface area contributed by atoms with Crippen molar-refractivity contribution in [3.05, 3.63) is 72.2 Å². The molecule has 4 aromatic rings. The van der Waals surface area contributed by atoms with Crippen LogP contribution in [0.5, 0.6) is 5.75 Å². The molecule has 0 bridgehead atoms. The van der Waals surface area contributed by atoms with Crippen LogP contribution in [0.3, 0.4) is 0 Å². The molecule has 0 atom stereocenters. The van der Waals surface area contributed by atoms with Gasteiger partial charge in [-0.05, 0) is 61.3 Å². The van der Waals surface area contributed by atoms with Gasteiger partial charge in [0.25, 0.3) is 5.91 Å². The number of likely N-dealkylation sites (tertiary alicyclic amines) is 1. The summed E-state index contributed by atoms with van der Waals surface area (Å²) < 4.78 is 68.9. The van der Waals surface area contributed by atoms with Crippen LogP contribution >= 0.6 is 0 Å². The molecule has 1 aliphatic rings. The number of hydrogen-bond acceptors (Lipinski definition) is 6. The number of carbonyl (C=O) groups excluding carboxylic acids is 1. The highest BCUT2D eigenvalue weighted by Gasteiger charge is 2.38. The van der Waals surface area contributed by atoms with Crippen molar-refractivity contribution in [3.8, 4) is 16.9 Å². The number of aliphatic carboxylic acids is 2. The Morgan fingerprint density at radius 2 is 1.57 bits per heavy atom. The summed E-state index contributed by atoms with van der Waals surface area (Å²) in [6, 6.07) is 16.0. The minimum atomic E-state index is -5.08. The average Bonchev–Trinajstić information content (AvgIpc) is 3.81. The number of rotatable bonds is 8. The van der Waals surface area contributed by atoms with E-state index < -0.39 is 24.3 Å². The zero-order chi connectivity index (χ0) is 34.8. The Balaban J connectivity index is 0.000000360. The van der Waals surface area contributed by atoms with E-state index in [1.54, 1.807) is 13.3 Å². The van der Waals surface area contributed by atoms with E-state index in [1.807, 2.05) is 47.5 Å².